The third-order valence-corrected chi connectivity index (χ3v) is 3.33. The smallest absolute Gasteiger partial charge is 0.305 e. The Kier molecular flexibility index (Phi) is 6.00. The number of carbonyl (C=O) groups is 1. The van der Waals surface area contributed by atoms with Crippen LogP contribution in [0.4, 0.5) is 0 Å². The predicted molar refractivity (Wildman–Crippen MR) is 87.6 cm³/mol. The van der Waals surface area contributed by atoms with Crippen molar-refractivity contribution in [1.29, 1.82) is 0 Å². The van der Waals surface area contributed by atoms with Crippen LogP contribution in [0.1, 0.15) is 30.5 Å². The maximum absolute atomic E-state index is 10.9. The standard InChI is InChI=1S/C18H21NO4/c1-2-22-16-10-6-9-14(15(19)11-17(20)21)18(16)23-12-13-7-4-3-5-8-13/h3-10,15H,2,11-12,19H2,1H3,(H,20,21). The van der Waals surface area contributed by atoms with Gasteiger partial charge in [0.15, 0.2) is 11.5 Å². The van der Waals surface area contributed by atoms with Gasteiger partial charge in [-0.3, -0.25) is 4.79 Å². The molecule has 0 amide bonds. The van der Waals surface area contributed by atoms with E-state index in [-0.39, 0.29) is 6.42 Å². The lowest BCUT2D eigenvalue weighted by molar-refractivity contribution is -0.137. The Morgan fingerprint density at radius 3 is 2.52 bits per heavy atom. The van der Waals surface area contributed by atoms with Crippen LogP contribution in [0, 0.1) is 0 Å². The molecule has 0 aromatic heterocycles. The number of hydrogen-bond donors (Lipinski definition) is 2. The van der Waals surface area contributed by atoms with Gasteiger partial charge in [-0.1, -0.05) is 42.5 Å². The average Bonchev–Trinajstić information content (AvgIpc) is 2.54. The van der Waals surface area contributed by atoms with E-state index in [0.717, 1.165) is 5.56 Å². The number of carboxylic acids is 1. The molecule has 5 heteroatoms. The van der Waals surface area contributed by atoms with Gasteiger partial charge < -0.3 is 20.3 Å². The molecule has 0 fully saturated rings. The summed E-state index contributed by atoms with van der Waals surface area (Å²) in [5.74, 6) is 0.127. The monoisotopic (exact) mass is 315 g/mol. The van der Waals surface area contributed by atoms with Crippen LogP contribution < -0.4 is 15.2 Å². The van der Waals surface area contributed by atoms with Crippen LogP contribution in [-0.2, 0) is 11.4 Å². The SMILES string of the molecule is CCOc1cccc(C(N)CC(=O)O)c1OCc1ccccc1. The molecule has 2 aromatic rings. The van der Waals surface area contributed by atoms with Gasteiger partial charge in [0.05, 0.1) is 13.0 Å². The van der Waals surface area contributed by atoms with Gasteiger partial charge in [0.2, 0.25) is 0 Å². The van der Waals surface area contributed by atoms with E-state index in [0.29, 0.717) is 30.3 Å². The first-order valence-corrected chi connectivity index (χ1v) is 7.51. The quantitative estimate of drug-likeness (QED) is 0.782. The van der Waals surface area contributed by atoms with Crippen LogP contribution >= 0.6 is 0 Å². The first-order valence-electron chi connectivity index (χ1n) is 7.51. The number of hydrogen-bond acceptors (Lipinski definition) is 4. The van der Waals surface area contributed by atoms with Crippen molar-refractivity contribution < 1.29 is 19.4 Å². The van der Waals surface area contributed by atoms with Crippen molar-refractivity contribution in [2.75, 3.05) is 6.61 Å². The summed E-state index contributed by atoms with van der Waals surface area (Å²) in [6.45, 7) is 2.72. The van der Waals surface area contributed by atoms with Crippen LogP contribution in [-0.4, -0.2) is 17.7 Å². The summed E-state index contributed by atoms with van der Waals surface area (Å²) in [6.07, 6.45) is -0.169. The molecule has 0 aliphatic rings. The summed E-state index contributed by atoms with van der Waals surface area (Å²) < 4.78 is 11.5. The molecular weight excluding hydrogens is 294 g/mol. The molecule has 0 bridgehead atoms. The summed E-state index contributed by atoms with van der Waals surface area (Å²) >= 11 is 0. The number of para-hydroxylation sites is 1. The zero-order valence-corrected chi connectivity index (χ0v) is 13.1. The van der Waals surface area contributed by atoms with Gasteiger partial charge in [0.1, 0.15) is 6.61 Å². The van der Waals surface area contributed by atoms with Gasteiger partial charge in [-0.2, -0.15) is 0 Å². The second-order valence-electron chi connectivity index (χ2n) is 5.09. The lowest BCUT2D eigenvalue weighted by atomic mass is 10.0. The maximum atomic E-state index is 10.9. The molecular formula is C18H21NO4. The average molecular weight is 315 g/mol. The van der Waals surface area contributed by atoms with Crippen LogP contribution in [0.25, 0.3) is 0 Å². The minimum atomic E-state index is -0.951. The highest BCUT2D eigenvalue weighted by molar-refractivity contribution is 5.68. The highest BCUT2D eigenvalue weighted by atomic mass is 16.5. The van der Waals surface area contributed by atoms with Gasteiger partial charge in [0.25, 0.3) is 0 Å². The van der Waals surface area contributed by atoms with E-state index in [4.69, 9.17) is 20.3 Å². The Bertz CT molecular complexity index is 643. The van der Waals surface area contributed by atoms with E-state index in [1.165, 1.54) is 0 Å². The lowest BCUT2D eigenvalue weighted by Gasteiger charge is -2.19. The van der Waals surface area contributed by atoms with Gasteiger partial charge >= 0.3 is 5.97 Å². The highest BCUT2D eigenvalue weighted by Crippen LogP contribution is 2.36. The van der Waals surface area contributed by atoms with Crippen molar-refractivity contribution in [3.05, 3.63) is 59.7 Å². The molecule has 23 heavy (non-hydrogen) atoms. The van der Waals surface area contributed by atoms with Gasteiger partial charge in [-0.15, -0.1) is 0 Å². The van der Waals surface area contributed by atoms with E-state index in [1.54, 1.807) is 18.2 Å². The zero-order chi connectivity index (χ0) is 16.7. The molecule has 122 valence electrons. The molecule has 2 aromatic carbocycles. The molecule has 1 atom stereocenters. The van der Waals surface area contributed by atoms with Crippen LogP contribution in [0.2, 0.25) is 0 Å². The van der Waals surface area contributed by atoms with Crippen molar-refractivity contribution in [3.63, 3.8) is 0 Å². The maximum Gasteiger partial charge on any atom is 0.305 e. The second-order valence-corrected chi connectivity index (χ2v) is 5.09. The molecule has 0 spiro atoms. The zero-order valence-electron chi connectivity index (χ0n) is 13.1. The minimum Gasteiger partial charge on any atom is -0.490 e. The molecule has 0 saturated carbocycles. The van der Waals surface area contributed by atoms with Crippen molar-refractivity contribution in [2.45, 2.75) is 26.0 Å². The first-order chi connectivity index (χ1) is 11.1. The Morgan fingerprint density at radius 2 is 1.87 bits per heavy atom. The van der Waals surface area contributed by atoms with Gasteiger partial charge in [-0.05, 0) is 18.6 Å². The number of ether oxygens (including phenoxy) is 2. The van der Waals surface area contributed by atoms with Gasteiger partial charge in [-0.25, -0.2) is 0 Å². The molecule has 0 radical (unpaired) electrons. The van der Waals surface area contributed by atoms with Crippen molar-refractivity contribution in [1.82, 2.24) is 0 Å². The predicted octanol–water partition coefficient (Wildman–Crippen LogP) is 3.14. The normalized spacial score (nSPS) is 11.7. The fourth-order valence-corrected chi connectivity index (χ4v) is 2.28. The summed E-state index contributed by atoms with van der Waals surface area (Å²) in [7, 11) is 0. The fraction of sp³-hybridized carbons (Fsp3) is 0.278. The van der Waals surface area contributed by atoms with E-state index in [2.05, 4.69) is 0 Å². The Labute approximate surface area is 135 Å². The minimum absolute atomic E-state index is 0.169. The topological polar surface area (TPSA) is 81.8 Å². The molecule has 0 aliphatic heterocycles. The summed E-state index contributed by atoms with van der Waals surface area (Å²) in [5, 5.41) is 8.96. The Morgan fingerprint density at radius 1 is 1.13 bits per heavy atom. The molecule has 0 aliphatic carbocycles. The van der Waals surface area contributed by atoms with E-state index >= 15 is 0 Å². The molecule has 3 N–H and O–H groups in total. The van der Waals surface area contributed by atoms with Crippen LogP contribution in [0.5, 0.6) is 11.5 Å². The lowest BCUT2D eigenvalue weighted by Crippen LogP contribution is -2.16. The van der Waals surface area contributed by atoms with Crippen molar-refractivity contribution >= 4 is 5.97 Å². The first kappa shape index (κ1) is 16.8. The van der Waals surface area contributed by atoms with E-state index < -0.39 is 12.0 Å². The number of aliphatic carboxylic acids is 1. The van der Waals surface area contributed by atoms with Crippen LogP contribution in [0.15, 0.2) is 48.5 Å². The molecule has 0 heterocycles. The van der Waals surface area contributed by atoms with Crippen LogP contribution in [0.3, 0.4) is 0 Å². The third kappa shape index (κ3) is 4.72. The molecule has 0 saturated heterocycles. The fourth-order valence-electron chi connectivity index (χ4n) is 2.28. The molecule has 2 rings (SSSR count). The summed E-state index contributed by atoms with van der Waals surface area (Å²) in [5.41, 5.74) is 7.66. The summed E-state index contributed by atoms with van der Waals surface area (Å²) in [4.78, 5) is 10.9. The number of rotatable bonds is 8. The largest absolute Gasteiger partial charge is 0.490 e. The Hall–Kier alpha value is -2.53. The van der Waals surface area contributed by atoms with Gasteiger partial charge in [0, 0.05) is 11.6 Å². The highest BCUT2D eigenvalue weighted by Gasteiger charge is 2.19. The molecule has 1 unspecified atom stereocenters. The van der Waals surface area contributed by atoms with Crippen molar-refractivity contribution in [3.8, 4) is 11.5 Å². The molecule has 5 nitrogen and oxygen atoms in total. The van der Waals surface area contributed by atoms with E-state index in [1.807, 2.05) is 37.3 Å². The number of benzene rings is 2. The number of nitrogens with two attached hydrogens (primary N) is 1. The van der Waals surface area contributed by atoms with Crippen molar-refractivity contribution in [2.24, 2.45) is 5.73 Å². The second kappa shape index (κ2) is 8.19. The van der Waals surface area contributed by atoms with E-state index in [9.17, 15) is 4.79 Å². The Balaban J connectivity index is 2.27. The summed E-state index contributed by atoms with van der Waals surface area (Å²) in [6, 6.07) is 14.4. The number of carboxylic acid groups (broad SMARTS) is 1. The third-order valence-electron chi connectivity index (χ3n) is 3.33.